The third-order valence-electron chi connectivity index (χ3n) is 4.24. The second-order valence-electron chi connectivity index (χ2n) is 6.53. The molecule has 1 aliphatic rings. The molecule has 1 rings (SSSR count). The normalized spacial score (nSPS) is 21.0. The van der Waals surface area contributed by atoms with Gasteiger partial charge in [0.1, 0.15) is 0 Å². The van der Waals surface area contributed by atoms with Crippen molar-refractivity contribution in [1.82, 2.24) is 19.6 Å². The van der Waals surface area contributed by atoms with E-state index in [0.29, 0.717) is 52.4 Å². The first-order chi connectivity index (χ1) is 13.2. The Morgan fingerprint density at radius 3 is 0.607 bits per heavy atom. The van der Waals surface area contributed by atoms with Crippen LogP contribution in [0.3, 0.4) is 0 Å². The van der Waals surface area contributed by atoms with Crippen molar-refractivity contribution in [3.8, 4) is 0 Å². The molecule has 0 unspecified atom stereocenters. The molecule has 12 nitrogen and oxygen atoms in total. The van der Waals surface area contributed by atoms with Crippen LogP contribution >= 0.6 is 33.5 Å². The Morgan fingerprint density at radius 1 is 0.357 bits per heavy atom. The standard InChI is InChI=1S/C12H32N4O8P4/c17-25(18)9-13-1-2-14(10-26(19)20)5-6-16(12-28(23)24)8-7-15(4-3-13)11-27(21)22/h17-24H,1-12H2. The van der Waals surface area contributed by atoms with Crippen LogP contribution < -0.4 is 0 Å². The highest BCUT2D eigenvalue weighted by atomic mass is 31.2. The Kier molecular flexibility index (Phi) is 14.7. The van der Waals surface area contributed by atoms with Gasteiger partial charge >= 0.3 is 0 Å². The summed E-state index contributed by atoms with van der Waals surface area (Å²) in [5.41, 5.74) is 0. The monoisotopic (exact) mass is 484 g/mol. The Bertz CT molecular complexity index is 328. The molecule has 16 heteroatoms. The van der Waals surface area contributed by atoms with Crippen molar-refractivity contribution >= 4 is 33.5 Å². The Balaban J connectivity index is 2.85. The van der Waals surface area contributed by atoms with Gasteiger partial charge in [-0.15, -0.1) is 0 Å². The zero-order valence-corrected chi connectivity index (χ0v) is 19.2. The number of hydrogen-bond acceptors (Lipinski definition) is 12. The lowest BCUT2D eigenvalue weighted by atomic mass is 10.4. The van der Waals surface area contributed by atoms with Crippen LogP contribution in [0.15, 0.2) is 0 Å². The van der Waals surface area contributed by atoms with Gasteiger partial charge in [-0.1, -0.05) is 0 Å². The molecule has 0 amide bonds. The Labute approximate surface area is 170 Å². The highest BCUT2D eigenvalue weighted by molar-refractivity contribution is 7.45. The summed E-state index contributed by atoms with van der Waals surface area (Å²) in [6.45, 7) is 3.86. The maximum Gasteiger partial charge on any atom is 0.180 e. The lowest BCUT2D eigenvalue weighted by Crippen LogP contribution is -2.46. The lowest BCUT2D eigenvalue weighted by Gasteiger charge is -2.34. The predicted molar refractivity (Wildman–Crippen MR) is 111 cm³/mol. The zero-order chi connectivity index (χ0) is 21.1. The third-order valence-corrected chi connectivity index (χ3v) is 6.85. The largest absolute Gasteiger partial charge is 0.349 e. The molecule has 0 radical (unpaired) electrons. The summed E-state index contributed by atoms with van der Waals surface area (Å²) in [6, 6.07) is 0. The van der Waals surface area contributed by atoms with E-state index in [2.05, 4.69) is 0 Å². The maximum atomic E-state index is 9.38. The maximum absolute atomic E-state index is 9.38. The van der Waals surface area contributed by atoms with Gasteiger partial charge in [-0.2, -0.15) is 0 Å². The first kappa shape index (κ1) is 27.3. The predicted octanol–water partition coefficient (Wildman–Crippen LogP) is -1.78. The molecule has 0 bridgehead atoms. The van der Waals surface area contributed by atoms with Crippen molar-refractivity contribution < 1.29 is 39.1 Å². The Hall–Kier alpha value is 1.24. The molecule has 28 heavy (non-hydrogen) atoms. The van der Waals surface area contributed by atoms with E-state index < -0.39 is 33.5 Å². The summed E-state index contributed by atoms with van der Waals surface area (Å²) in [6.07, 6.45) is 0.399. The van der Waals surface area contributed by atoms with Gasteiger partial charge in [-0.25, -0.2) is 0 Å². The van der Waals surface area contributed by atoms with Crippen LogP contribution in [0.2, 0.25) is 0 Å². The second kappa shape index (κ2) is 15.1. The van der Waals surface area contributed by atoms with Crippen LogP contribution in [0.5, 0.6) is 0 Å². The third kappa shape index (κ3) is 13.5. The van der Waals surface area contributed by atoms with Crippen LogP contribution in [0, 0.1) is 0 Å². The molecular formula is C12H32N4O8P4. The first-order valence-electron chi connectivity index (χ1n) is 8.66. The van der Waals surface area contributed by atoms with Gasteiger partial charge in [-0.05, 0) is 0 Å². The van der Waals surface area contributed by atoms with Crippen molar-refractivity contribution in [3.63, 3.8) is 0 Å². The summed E-state index contributed by atoms with van der Waals surface area (Å²) in [5, 5.41) is 0. The van der Waals surface area contributed by atoms with Gasteiger partial charge in [-0.3, -0.25) is 19.6 Å². The van der Waals surface area contributed by atoms with Crippen molar-refractivity contribution in [2.24, 2.45) is 0 Å². The minimum Gasteiger partial charge on any atom is -0.349 e. The number of rotatable bonds is 8. The summed E-state index contributed by atoms with van der Waals surface area (Å²) in [7, 11) is -8.45. The average molecular weight is 484 g/mol. The van der Waals surface area contributed by atoms with E-state index in [4.69, 9.17) is 0 Å². The van der Waals surface area contributed by atoms with Crippen molar-refractivity contribution in [2.75, 3.05) is 77.5 Å². The second-order valence-corrected chi connectivity index (χ2v) is 10.6. The first-order valence-corrected chi connectivity index (χ1v) is 14.4. The van der Waals surface area contributed by atoms with Gasteiger partial charge in [0.2, 0.25) is 0 Å². The fraction of sp³-hybridized carbons (Fsp3) is 1.00. The van der Waals surface area contributed by atoms with Crippen LogP contribution in [-0.2, 0) is 0 Å². The number of hydrogen-bond donors (Lipinski definition) is 8. The molecule has 1 fully saturated rings. The molecule has 8 N–H and O–H groups in total. The van der Waals surface area contributed by atoms with E-state index in [9.17, 15) is 39.1 Å². The minimum absolute atomic E-state index is 0.0997. The molecule has 1 heterocycles. The van der Waals surface area contributed by atoms with Crippen LogP contribution in [0.4, 0.5) is 0 Å². The van der Waals surface area contributed by atoms with E-state index in [-0.39, 0.29) is 25.1 Å². The lowest BCUT2D eigenvalue weighted by molar-refractivity contribution is 0.158. The molecule has 0 aromatic heterocycles. The van der Waals surface area contributed by atoms with Crippen molar-refractivity contribution in [1.29, 1.82) is 0 Å². The SMILES string of the molecule is OP(O)CN1CCN(CP(O)O)CCN(CP(O)O)CCN(CP(O)O)CC1. The molecule has 0 aliphatic carbocycles. The van der Waals surface area contributed by atoms with Gasteiger partial charge in [0.25, 0.3) is 0 Å². The average Bonchev–Trinajstić information content (AvgIpc) is 2.55. The topological polar surface area (TPSA) is 175 Å². The van der Waals surface area contributed by atoms with Crippen molar-refractivity contribution in [2.45, 2.75) is 0 Å². The Morgan fingerprint density at radius 2 is 0.500 bits per heavy atom. The highest BCUT2D eigenvalue weighted by Crippen LogP contribution is 2.28. The molecule has 0 spiro atoms. The summed E-state index contributed by atoms with van der Waals surface area (Å²) in [5.74, 6) is 0. The molecule has 1 aliphatic heterocycles. The minimum atomic E-state index is -2.11. The van der Waals surface area contributed by atoms with E-state index in [1.165, 1.54) is 0 Å². The van der Waals surface area contributed by atoms with Crippen LogP contribution in [0.1, 0.15) is 0 Å². The molecule has 0 atom stereocenters. The van der Waals surface area contributed by atoms with E-state index in [0.717, 1.165) is 0 Å². The van der Waals surface area contributed by atoms with E-state index in [1.54, 1.807) is 0 Å². The molecule has 1 saturated heterocycles. The molecule has 0 saturated carbocycles. The molecular weight excluding hydrogens is 452 g/mol. The van der Waals surface area contributed by atoms with Crippen LogP contribution in [0.25, 0.3) is 0 Å². The summed E-state index contributed by atoms with van der Waals surface area (Å²) < 4.78 is 0. The van der Waals surface area contributed by atoms with Crippen LogP contribution in [-0.4, -0.2) is 136 Å². The summed E-state index contributed by atoms with van der Waals surface area (Å²) >= 11 is 0. The highest BCUT2D eigenvalue weighted by Gasteiger charge is 2.21. The van der Waals surface area contributed by atoms with Gasteiger partial charge < -0.3 is 39.1 Å². The van der Waals surface area contributed by atoms with Crippen molar-refractivity contribution in [3.05, 3.63) is 0 Å². The van der Waals surface area contributed by atoms with Gasteiger partial charge in [0.05, 0.1) is 25.1 Å². The quantitative estimate of drug-likeness (QED) is 0.182. The van der Waals surface area contributed by atoms with E-state index in [1.807, 2.05) is 19.6 Å². The molecule has 0 aromatic carbocycles. The van der Waals surface area contributed by atoms with Gasteiger partial charge in [0, 0.05) is 52.4 Å². The smallest absolute Gasteiger partial charge is 0.180 e. The van der Waals surface area contributed by atoms with Gasteiger partial charge in [0.15, 0.2) is 33.5 Å². The fourth-order valence-corrected chi connectivity index (χ4v) is 5.42. The van der Waals surface area contributed by atoms with E-state index >= 15 is 0 Å². The zero-order valence-electron chi connectivity index (χ0n) is 15.6. The fourth-order valence-electron chi connectivity index (χ4n) is 2.86. The summed E-state index contributed by atoms with van der Waals surface area (Å²) in [4.78, 5) is 82.5. The molecule has 168 valence electrons. The number of nitrogens with zero attached hydrogens (tertiary/aromatic N) is 4. The molecule has 0 aromatic rings.